The van der Waals surface area contributed by atoms with Crippen LogP contribution >= 0.6 is 15.9 Å². The first-order valence-corrected chi connectivity index (χ1v) is 6.00. The molecule has 94 valence electrons. The topological polar surface area (TPSA) is 64.4 Å². The summed E-state index contributed by atoms with van der Waals surface area (Å²) < 4.78 is 5.77. The van der Waals surface area contributed by atoms with Gasteiger partial charge < -0.3 is 10.1 Å². The van der Waals surface area contributed by atoms with Crippen molar-refractivity contribution in [1.29, 1.82) is 0 Å². The highest BCUT2D eigenvalue weighted by molar-refractivity contribution is 9.10. The van der Waals surface area contributed by atoms with Gasteiger partial charge in [-0.05, 0) is 12.0 Å². The molecule has 1 aromatic carbocycles. The van der Waals surface area contributed by atoms with Gasteiger partial charge in [0.15, 0.2) is 5.75 Å². The molecule has 1 aromatic rings. The first kappa shape index (κ1) is 13.8. The van der Waals surface area contributed by atoms with Crippen molar-refractivity contribution in [2.45, 2.75) is 13.8 Å². The number of anilines is 1. The molecule has 5 nitrogen and oxygen atoms in total. The van der Waals surface area contributed by atoms with Gasteiger partial charge in [-0.3, -0.25) is 10.1 Å². The van der Waals surface area contributed by atoms with Gasteiger partial charge >= 0.3 is 5.69 Å². The van der Waals surface area contributed by atoms with Crippen LogP contribution in [0.4, 0.5) is 11.4 Å². The molecule has 0 saturated carbocycles. The summed E-state index contributed by atoms with van der Waals surface area (Å²) in [5.41, 5.74) is 0.436. The van der Waals surface area contributed by atoms with Gasteiger partial charge in [-0.25, -0.2) is 0 Å². The van der Waals surface area contributed by atoms with Crippen LogP contribution in [0, 0.1) is 16.0 Å². The van der Waals surface area contributed by atoms with Crippen LogP contribution in [0.1, 0.15) is 13.8 Å². The van der Waals surface area contributed by atoms with E-state index >= 15 is 0 Å². The fourth-order valence-corrected chi connectivity index (χ4v) is 1.80. The Labute approximate surface area is 108 Å². The minimum atomic E-state index is -0.437. The van der Waals surface area contributed by atoms with Gasteiger partial charge in [0.05, 0.1) is 12.0 Å². The van der Waals surface area contributed by atoms with E-state index in [1.165, 1.54) is 7.11 Å². The number of halogens is 1. The molecule has 0 aliphatic rings. The lowest BCUT2D eigenvalue weighted by atomic mass is 10.2. The van der Waals surface area contributed by atoms with Crippen molar-refractivity contribution in [1.82, 2.24) is 0 Å². The minimum absolute atomic E-state index is 0.0312. The third kappa shape index (κ3) is 3.59. The quantitative estimate of drug-likeness (QED) is 0.668. The maximum atomic E-state index is 11.0. The predicted octanol–water partition coefficient (Wildman–Crippen LogP) is 3.43. The summed E-state index contributed by atoms with van der Waals surface area (Å²) in [7, 11) is 1.42. The number of benzene rings is 1. The highest BCUT2D eigenvalue weighted by atomic mass is 79.9. The van der Waals surface area contributed by atoms with Gasteiger partial charge in [-0.1, -0.05) is 29.8 Å². The smallest absolute Gasteiger partial charge is 0.333 e. The van der Waals surface area contributed by atoms with Crippen LogP contribution in [0.3, 0.4) is 0 Å². The zero-order valence-corrected chi connectivity index (χ0v) is 11.6. The number of nitro groups is 1. The van der Waals surface area contributed by atoms with Gasteiger partial charge in [-0.15, -0.1) is 0 Å². The zero-order chi connectivity index (χ0) is 13.0. The molecule has 6 heteroatoms. The van der Waals surface area contributed by atoms with Crippen molar-refractivity contribution >= 4 is 27.3 Å². The van der Waals surface area contributed by atoms with Crippen molar-refractivity contribution < 1.29 is 9.66 Å². The average Bonchev–Trinajstić information content (AvgIpc) is 2.24. The standard InChI is InChI=1S/C11H15BrN2O3/c1-7(2)6-13-9-4-8(12)5-10(17-3)11(9)14(15)16/h4-5,7,13H,6H2,1-3H3. The predicted molar refractivity (Wildman–Crippen MR) is 70.7 cm³/mol. The molecular formula is C11H15BrN2O3. The van der Waals surface area contributed by atoms with E-state index < -0.39 is 4.92 Å². The van der Waals surface area contributed by atoms with Crippen LogP contribution in [-0.4, -0.2) is 18.6 Å². The Hall–Kier alpha value is -1.30. The third-order valence-corrected chi connectivity index (χ3v) is 2.60. The van der Waals surface area contributed by atoms with E-state index in [4.69, 9.17) is 4.74 Å². The molecule has 0 radical (unpaired) electrons. The van der Waals surface area contributed by atoms with Crippen LogP contribution < -0.4 is 10.1 Å². The Bertz CT molecular complexity index is 421. The number of rotatable bonds is 5. The SMILES string of the molecule is COc1cc(Br)cc(NCC(C)C)c1[N+](=O)[O-]. The van der Waals surface area contributed by atoms with Gasteiger partial charge in [-0.2, -0.15) is 0 Å². The van der Waals surface area contributed by atoms with E-state index in [2.05, 4.69) is 21.2 Å². The van der Waals surface area contributed by atoms with Crippen molar-refractivity contribution in [3.8, 4) is 5.75 Å². The van der Waals surface area contributed by atoms with Crippen molar-refractivity contribution in [3.05, 3.63) is 26.7 Å². The molecular weight excluding hydrogens is 288 g/mol. The molecule has 0 bridgehead atoms. The monoisotopic (exact) mass is 302 g/mol. The lowest BCUT2D eigenvalue weighted by Gasteiger charge is -2.12. The first-order valence-electron chi connectivity index (χ1n) is 5.21. The molecule has 0 heterocycles. The van der Waals surface area contributed by atoms with Crippen LogP contribution in [0.15, 0.2) is 16.6 Å². The fraction of sp³-hybridized carbons (Fsp3) is 0.455. The van der Waals surface area contributed by atoms with E-state index in [-0.39, 0.29) is 11.4 Å². The number of nitrogens with zero attached hydrogens (tertiary/aromatic N) is 1. The van der Waals surface area contributed by atoms with E-state index in [9.17, 15) is 10.1 Å². The Kier molecular flexibility index (Phi) is 4.74. The molecule has 0 aliphatic carbocycles. The summed E-state index contributed by atoms with van der Waals surface area (Å²) in [6.45, 7) is 4.74. The fourth-order valence-electron chi connectivity index (χ4n) is 1.37. The number of nitro benzene ring substituents is 1. The van der Waals surface area contributed by atoms with Crippen LogP contribution in [-0.2, 0) is 0 Å². The summed E-state index contributed by atoms with van der Waals surface area (Å²) in [4.78, 5) is 10.6. The number of hydrogen-bond donors (Lipinski definition) is 1. The third-order valence-electron chi connectivity index (χ3n) is 2.14. The summed E-state index contributed by atoms with van der Waals surface area (Å²) >= 11 is 3.30. The van der Waals surface area contributed by atoms with E-state index in [0.29, 0.717) is 18.2 Å². The van der Waals surface area contributed by atoms with Gasteiger partial charge in [0.2, 0.25) is 0 Å². The molecule has 0 aliphatic heterocycles. The normalized spacial score (nSPS) is 10.4. The summed E-state index contributed by atoms with van der Waals surface area (Å²) in [6.07, 6.45) is 0. The van der Waals surface area contributed by atoms with E-state index in [1.807, 2.05) is 13.8 Å². The Morgan fingerprint density at radius 1 is 1.53 bits per heavy atom. The zero-order valence-electron chi connectivity index (χ0n) is 9.99. The number of methoxy groups -OCH3 is 1. The van der Waals surface area contributed by atoms with E-state index in [0.717, 1.165) is 4.47 Å². The second-order valence-corrected chi connectivity index (χ2v) is 4.95. The molecule has 1 N–H and O–H groups in total. The molecule has 0 aromatic heterocycles. The van der Waals surface area contributed by atoms with E-state index in [1.54, 1.807) is 12.1 Å². The number of hydrogen-bond acceptors (Lipinski definition) is 4. The molecule has 17 heavy (non-hydrogen) atoms. The lowest BCUT2D eigenvalue weighted by molar-refractivity contribution is -0.384. The van der Waals surface area contributed by atoms with Crippen molar-refractivity contribution in [3.63, 3.8) is 0 Å². The minimum Gasteiger partial charge on any atom is -0.490 e. The summed E-state index contributed by atoms with van der Waals surface area (Å²) in [5.74, 6) is 0.648. The Balaban J connectivity index is 3.16. The molecule has 0 unspecified atom stereocenters. The molecule has 0 saturated heterocycles. The summed E-state index contributed by atoms with van der Waals surface area (Å²) in [6, 6.07) is 3.27. The number of ether oxygens (including phenoxy) is 1. The van der Waals surface area contributed by atoms with Crippen LogP contribution in [0.5, 0.6) is 5.75 Å². The average molecular weight is 303 g/mol. The van der Waals surface area contributed by atoms with Gasteiger partial charge in [0.25, 0.3) is 0 Å². The molecule has 0 fully saturated rings. The second kappa shape index (κ2) is 5.86. The highest BCUT2D eigenvalue weighted by Crippen LogP contribution is 2.37. The van der Waals surface area contributed by atoms with Crippen LogP contribution in [0.2, 0.25) is 0 Å². The molecule has 1 rings (SSSR count). The lowest BCUT2D eigenvalue weighted by Crippen LogP contribution is -2.10. The van der Waals surface area contributed by atoms with Crippen molar-refractivity contribution in [2.24, 2.45) is 5.92 Å². The summed E-state index contributed by atoms with van der Waals surface area (Å²) in [5, 5.41) is 14.1. The van der Waals surface area contributed by atoms with Gasteiger partial charge in [0.1, 0.15) is 5.69 Å². The Morgan fingerprint density at radius 2 is 2.18 bits per heavy atom. The van der Waals surface area contributed by atoms with Gasteiger partial charge in [0, 0.05) is 17.1 Å². The maximum absolute atomic E-state index is 11.0. The highest BCUT2D eigenvalue weighted by Gasteiger charge is 2.21. The van der Waals surface area contributed by atoms with Crippen molar-refractivity contribution in [2.75, 3.05) is 19.0 Å². The molecule has 0 atom stereocenters. The number of nitrogens with one attached hydrogen (secondary N) is 1. The maximum Gasteiger partial charge on any atom is 0.333 e. The first-order chi connectivity index (χ1) is 7.95. The largest absolute Gasteiger partial charge is 0.490 e. The Morgan fingerprint density at radius 3 is 2.65 bits per heavy atom. The molecule has 0 amide bonds. The van der Waals surface area contributed by atoms with Crippen LogP contribution in [0.25, 0.3) is 0 Å². The molecule has 0 spiro atoms. The second-order valence-electron chi connectivity index (χ2n) is 4.04.